The molecule has 15 heavy (non-hydrogen) atoms. The van der Waals surface area contributed by atoms with Crippen molar-refractivity contribution in [1.29, 1.82) is 0 Å². The van der Waals surface area contributed by atoms with Crippen molar-refractivity contribution in [1.82, 2.24) is 10.2 Å². The zero-order chi connectivity index (χ0) is 11.1. The second-order valence-corrected chi connectivity index (χ2v) is 4.35. The maximum atomic E-state index is 5.31. The fourth-order valence-corrected chi connectivity index (χ4v) is 2.57. The van der Waals surface area contributed by atoms with Gasteiger partial charge in [-0.05, 0) is 32.4 Å². The van der Waals surface area contributed by atoms with Crippen LogP contribution in [-0.2, 0) is 4.74 Å². The summed E-state index contributed by atoms with van der Waals surface area (Å²) < 4.78 is 5.31. The number of nitrogens with zero attached hydrogens (tertiary/aromatic N) is 1. The molecule has 1 rings (SSSR count). The number of hydrogen-bond donors (Lipinski definition) is 1. The molecule has 3 nitrogen and oxygen atoms in total. The predicted octanol–water partition coefficient (Wildman–Crippen LogP) is 1.49. The summed E-state index contributed by atoms with van der Waals surface area (Å²) in [4.78, 5) is 2.61. The molecule has 1 aliphatic heterocycles. The molecular weight excluding hydrogens is 188 g/mol. The Hall–Kier alpha value is -0.120. The maximum absolute atomic E-state index is 5.31. The highest BCUT2D eigenvalue weighted by Gasteiger charge is 2.25. The van der Waals surface area contributed by atoms with Crippen LogP contribution in [0.3, 0.4) is 0 Å². The van der Waals surface area contributed by atoms with Crippen molar-refractivity contribution < 1.29 is 4.74 Å². The fraction of sp³-hybridized carbons (Fsp3) is 1.00. The average Bonchev–Trinajstić information content (AvgIpc) is 2.30. The second kappa shape index (κ2) is 7.20. The first-order valence-electron chi connectivity index (χ1n) is 6.28. The molecule has 1 N–H and O–H groups in total. The summed E-state index contributed by atoms with van der Waals surface area (Å²) in [5.74, 6) is 0. The van der Waals surface area contributed by atoms with Gasteiger partial charge in [0.2, 0.25) is 0 Å². The normalized spacial score (nSPS) is 24.4. The molecule has 3 heteroatoms. The molecule has 0 spiro atoms. The molecule has 2 unspecified atom stereocenters. The van der Waals surface area contributed by atoms with Crippen molar-refractivity contribution in [2.45, 2.75) is 45.2 Å². The highest BCUT2D eigenvalue weighted by atomic mass is 16.5. The molecule has 0 amide bonds. The van der Waals surface area contributed by atoms with Crippen LogP contribution in [0.4, 0.5) is 0 Å². The monoisotopic (exact) mass is 214 g/mol. The lowest BCUT2D eigenvalue weighted by atomic mass is 10.0. The van der Waals surface area contributed by atoms with Crippen LogP contribution in [0.25, 0.3) is 0 Å². The average molecular weight is 214 g/mol. The molecule has 0 aromatic heterocycles. The third kappa shape index (κ3) is 3.74. The van der Waals surface area contributed by atoms with E-state index >= 15 is 0 Å². The van der Waals surface area contributed by atoms with Gasteiger partial charge in [-0.1, -0.05) is 13.8 Å². The van der Waals surface area contributed by atoms with Crippen molar-refractivity contribution >= 4 is 0 Å². The SMILES string of the molecule is CCC(COC)N(CC)C1CCCNC1. The summed E-state index contributed by atoms with van der Waals surface area (Å²) in [6, 6.07) is 1.30. The number of piperidine rings is 1. The Morgan fingerprint density at radius 1 is 1.47 bits per heavy atom. The van der Waals surface area contributed by atoms with Crippen LogP contribution < -0.4 is 5.32 Å². The first-order valence-corrected chi connectivity index (χ1v) is 6.28. The van der Waals surface area contributed by atoms with Gasteiger partial charge < -0.3 is 10.1 Å². The van der Waals surface area contributed by atoms with Crippen molar-refractivity contribution in [3.8, 4) is 0 Å². The molecule has 1 heterocycles. The summed E-state index contributed by atoms with van der Waals surface area (Å²) in [6.07, 6.45) is 3.82. The van der Waals surface area contributed by atoms with E-state index in [4.69, 9.17) is 4.74 Å². The molecule has 1 fully saturated rings. The topological polar surface area (TPSA) is 24.5 Å². The van der Waals surface area contributed by atoms with Crippen molar-refractivity contribution in [3.63, 3.8) is 0 Å². The molecule has 0 aliphatic carbocycles. The zero-order valence-corrected chi connectivity index (χ0v) is 10.5. The molecule has 0 bridgehead atoms. The highest BCUT2D eigenvalue weighted by molar-refractivity contribution is 4.82. The van der Waals surface area contributed by atoms with Gasteiger partial charge in [-0.25, -0.2) is 0 Å². The number of ether oxygens (including phenoxy) is 1. The van der Waals surface area contributed by atoms with Gasteiger partial charge in [0, 0.05) is 25.7 Å². The number of methoxy groups -OCH3 is 1. The van der Waals surface area contributed by atoms with Gasteiger partial charge >= 0.3 is 0 Å². The van der Waals surface area contributed by atoms with E-state index in [1.54, 1.807) is 7.11 Å². The van der Waals surface area contributed by atoms with Crippen LogP contribution in [0, 0.1) is 0 Å². The Morgan fingerprint density at radius 3 is 2.73 bits per heavy atom. The van der Waals surface area contributed by atoms with E-state index in [1.807, 2.05) is 0 Å². The van der Waals surface area contributed by atoms with Gasteiger partial charge in [-0.2, -0.15) is 0 Å². The van der Waals surface area contributed by atoms with E-state index in [9.17, 15) is 0 Å². The van der Waals surface area contributed by atoms with Crippen molar-refractivity contribution in [3.05, 3.63) is 0 Å². The van der Waals surface area contributed by atoms with Gasteiger partial charge in [0.1, 0.15) is 0 Å². The van der Waals surface area contributed by atoms with Crippen LogP contribution in [0.15, 0.2) is 0 Å². The van der Waals surface area contributed by atoms with E-state index in [1.165, 1.54) is 25.8 Å². The Morgan fingerprint density at radius 2 is 2.27 bits per heavy atom. The molecule has 0 aromatic rings. The number of rotatable bonds is 6. The molecule has 1 aliphatic rings. The first kappa shape index (κ1) is 12.9. The number of nitrogens with one attached hydrogen (secondary N) is 1. The van der Waals surface area contributed by atoms with Crippen molar-refractivity contribution in [2.24, 2.45) is 0 Å². The molecule has 1 saturated heterocycles. The van der Waals surface area contributed by atoms with E-state index in [-0.39, 0.29) is 0 Å². The predicted molar refractivity (Wildman–Crippen MR) is 64.2 cm³/mol. The van der Waals surface area contributed by atoms with Gasteiger partial charge in [0.05, 0.1) is 6.61 Å². The minimum Gasteiger partial charge on any atom is -0.383 e. The van der Waals surface area contributed by atoms with Gasteiger partial charge in [0.25, 0.3) is 0 Å². The molecular formula is C12H26N2O. The van der Waals surface area contributed by atoms with E-state index < -0.39 is 0 Å². The van der Waals surface area contributed by atoms with Crippen molar-refractivity contribution in [2.75, 3.05) is 33.4 Å². The van der Waals surface area contributed by atoms with Gasteiger partial charge in [-0.15, -0.1) is 0 Å². The van der Waals surface area contributed by atoms with E-state index in [0.717, 1.165) is 19.7 Å². The Balaban J connectivity index is 2.50. The molecule has 0 saturated carbocycles. The number of hydrogen-bond acceptors (Lipinski definition) is 3. The maximum Gasteiger partial charge on any atom is 0.0618 e. The lowest BCUT2D eigenvalue weighted by molar-refractivity contribution is 0.0531. The van der Waals surface area contributed by atoms with Gasteiger partial charge in [-0.3, -0.25) is 4.90 Å². The lowest BCUT2D eigenvalue weighted by Gasteiger charge is -2.39. The standard InChI is InChI=1S/C12H26N2O/c1-4-11(10-15-3)14(5-2)12-7-6-8-13-9-12/h11-13H,4-10H2,1-3H3. The minimum atomic E-state index is 0.588. The van der Waals surface area contributed by atoms with Crippen LogP contribution in [0.5, 0.6) is 0 Å². The fourth-order valence-electron chi connectivity index (χ4n) is 2.57. The molecule has 0 radical (unpaired) electrons. The minimum absolute atomic E-state index is 0.588. The second-order valence-electron chi connectivity index (χ2n) is 4.35. The van der Waals surface area contributed by atoms with Crippen LogP contribution in [0.2, 0.25) is 0 Å². The van der Waals surface area contributed by atoms with Crippen LogP contribution in [0.1, 0.15) is 33.1 Å². The Bertz CT molecular complexity index is 153. The molecule has 0 aromatic carbocycles. The largest absolute Gasteiger partial charge is 0.383 e. The van der Waals surface area contributed by atoms with Crippen LogP contribution in [-0.4, -0.2) is 50.3 Å². The third-order valence-electron chi connectivity index (χ3n) is 3.40. The third-order valence-corrected chi connectivity index (χ3v) is 3.40. The summed E-state index contributed by atoms with van der Waals surface area (Å²) in [7, 11) is 1.80. The smallest absolute Gasteiger partial charge is 0.0618 e. The zero-order valence-electron chi connectivity index (χ0n) is 10.5. The van der Waals surface area contributed by atoms with Gasteiger partial charge in [0.15, 0.2) is 0 Å². The Labute approximate surface area is 94.2 Å². The summed E-state index contributed by atoms with van der Waals surface area (Å²) >= 11 is 0. The number of likely N-dealkylation sites (N-methyl/N-ethyl adjacent to an activating group) is 1. The summed E-state index contributed by atoms with van der Waals surface area (Å²) in [6.45, 7) is 8.84. The quantitative estimate of drug-likeness (QED) is 0.725. The first-order chi connectivity index (χ1) is 7.33. The Kier molecular flexibility index (Phi) is 6.22. The van der Waals surface area contributed by atoms with E-state index in [2.05, 4.69) is 24.1 Å². The highest BCUT2D eigenvalue weighted by Crippen LogP contribution is 2.15. The van der Waals surface area contributed by atoms with E-state index in [0.29, 0.717) is 12.1 Å². The molecule has 90 valence electrons. The van der Waals surface area contributed by atoms with Crippen LogP contribution >= 0.6 is 0 Å². The summed E-state index contributed by atoms with van der Waals surface area (Å²) in [5, 5.41) is 3.49. The summed E-state index contributed by atoms with van der Waals surface area (Å²) in [5.41, 5.74) is 0. The lowest BCUT2D eigenvalue weighted by Crippen LogP contribution is -2.51. The molecule has 2 atom stereocenters.